The van der Waals surface area contributed by atoms with Crippen molar-refractivity contribution in [3.8, 4) is 0 Å². The zero-order chi connectivity index (χ0) is 18.7. The van der Waals surface area contributed by atoms with Gasteiger partial charge in [-0.1, -0.05) is 48.0 Å². The van der Waals surface area contributed by atoms with E-state index in [1.807, 2.05) is 23.1 Å². The van der Waals surface area contributed by atoms with Crippen molar-refractivity contribution in [2.75, 3.05) is 31.5 Å². The summed E-state index contributed by atoms with van der Waals surface area (Å²) in [7, 11) is 0. The Bertz CT molecular complexity index is 760. The van der Waals surface area contributed by atoms with Gasteiger partial charge in [-0.2, -0.15) is 0 Å². The lowest BCUT2D eigenvalue weighted by molar-refractivity contribution is -0.141. The monoisotopic (exact) mass is 363 g/mol. The van der Waals surface area contributed by atoms with Crippen molar-refractivity contribution < 1.29 is 4.79 Å². The molecule has 0 radical (unpaired) electrons. The molecule has 2 saturated heterocycles. The molecule has 0 atom stereocenters. The Balaban J connectivity index is 1.46. The van der Waals surface area contributed by atoms with Crippen LogP contribution in [0.15, 0.2) is 54.6 Å². The number of hydrogen-bond donors (Lipinski definition) is 1. The van der Waals surface area contributed by atoms with Crippen molar-refractivity contribution in [1.82, 2.24) is 9.80 Å². The van der Waals surface area contributed by atoms with E-state index in [0.29, 0.717) is 0 Å². The number of para-hydroxylation sites is 1. The summed E-state index contributed by atoms with van der Waals surface area (Å²) in [6.07, 6.45) is 2.83. The molecule has 0 spiro atoms. The van der Waals surface area contributed by atoms with Gasteiger partial charge in [-0.15, -0.1) is 0 Å². The molecule has 142 valence electrons. The molecule has 1 N–H and O–H groups in total. The average molecular weight is 364 g/mol. The Labute approximate surface area is 162 Å². The molecule has 2 aromatic carbocycles. The molecule has 2 aliphatic rings. The predicted octanol–water partition coefficient (Wildman–Crippen LogP) is 3.67. The van der Waals surface area contributed by atoms with E-state index >= 15 is 0 Å². The van der Waals surface area contributed by atoms with Crippen molar-refractivity contribution in [2.45, 2.75) is 38.3 Å². The minimum atomic E-state index is -0.467. The van der Waals surface area contributed by atoms with E-state index in [1.54, 1.807) is 0 Å². The number of nitrogens with zero attached hydrogens (tertiary/aromatic N) is 2. The van der Waals surface area contributed by atoms with Gasteiger partial charge in [-0.25, -0.2) is 0 Å². The van der Waals surface area contributed by atoms with Crippen molar-refractivity contribution in [1.29, 1.82) is 0 Å². The number of piperidine rings is 1. The minimum Gasteiger partial charge on any atom is -0.371 e. The van der Waals surface area contributed by atoms with Gasteiger partial charge in [0.1, 0.15) is 5.54 Å². The molecule has 4 rings (SSSR count). The van der Waals surface area contributed by atoms with Crippen LogP contribution in [0, 0.1) is 6.92 Å². The largest absolute Gasteiger partial charge is 0.371 e. The van der Waals surface area contributed by atoms with Crippen LogP contribution in [0.4, 0.5) is 5.69 Å². The highest BCUT2D eigenvalue weighted by atomic mass is 16.2. The van der Waals surface area contributed by atoms with Crippen LogP contribution < -0.4 is 5.32 Å². The molecule has 2 aromatic rings. The van der Waals surface area contributed by atoms with Gasteiger partial charge in [0.05, 0.1) is 0 Å². The molecule has 4 heteroatoms. The van der Waals surface area contributed by atoms with Crippen LogP contribution in [-0.2, 0) is 11.3 Å². The van der Waals surface area contributed by atoms with Crippen LogP contribution in [0.5, 0.6) is 0 Å². The molecule has 1 amide bonds. The fourth-order valence-corrected chi connectivity index (χ4v) is 4.06. The summed E-state index contributed by atoms with van der Waals surface area (Å²) in [5.41, 5.74) is 3.21. The van der Waals surface area contributed by atoms with Gasteiger partial charge in [0.25, 0.3) is 0 Å². The SMILES string of the molecule is Cc1ccc(CN2CCC(Nc3ccccc3)(C(=O)N3CCC3)CC2)cc1. The molecule has 2 aliphatic heterocycles. The van der Waals surface area contributed by atoms with Crippen LogP contribution in [0.2, 0.25) is 0 Å². The van der Waals surface area contributed by atoms with Gasteiger partial charge in [0.2, 0.25) is 5.91 Å². The number of benzene rings is 2. The molecule has 4 nitrogen and oxygen atoms in total. The molecule has 27 heavy (non-hydrogen) atoms. The fourth-order valence-electron chi connectivity index (χ4n) is 4.06. The van der Waals surface area contributed by atoms with E-state index in [2.05, 4.69) is 53.5 Å². The molecule has 2 heterocycles. The second kappa shape index (κ2) is 7.73. The number of carbonyl (C=O) groups excluding carboxylic acids is 1. The standard InChI is InChI=1S/C23H29N3O/c1-19-8-10-20(11-9-19)18-25-16-12-23(13-17-25,22(27)26-14-5-15-26)24-21-6-3-2-4-7-21/h2-4,6-11,24H,5,12-18H2,1H3. The molecular weight excluding hydrogens is 334 g/mol. The first kappa shape index (κ1) is 18.1. The van der Waals surface area contributed by atoms with E-state index in [0.717, 1.165) is 57.7 Å². The molecule has 0 unspecified atom stereocenters. The van der Waals surface area contributed by atoms with E-state index < -0.39 is 5.54 Å². The highest BCUT2D eigenvalue weighted by Gasteiger charge is 2.44. The fraction of sp³-hybridized carbons (Fsp3) is 0.435. The van der Waals surface area contributed by atoms with E-state index in [4.69, 9.17) is 0 Å². The molecule has 0 bridgehead atoms. The zero-order valence-electron chi connectivity index (χ0n) is 16.2. The smallest absolute Gasteiger partial charge is 0.248 e. The van der Waals surface area contributed by atoms with Gasteiger partial charge in [0.15, 0.2) is 0 Å². The van der Waals surface area contributed by atoms with E-state index in [-0.39, 0.29) is 5.91 Å². The minimum absolute atomic E-state index is 0.285. The topological polar surface area (TPSA) is 35.6 Å². The van der Waals surface area contributed by atoms with Crippen molar-refractivity contribution in [2.24, 2.45) is 0 Å². The highest BCUT2D eigenvalue weighted by molar-refractivity contribution is 5.90. The van der Waals surface area contributed by atoms with Crippen molar-refractivity contribution in [3.05, 3.63) is 65.7 Å². The summed E-state index contributed by atoms with van der Waals surface area (Å²) in [5.74, 6) is 0.285. The Morgan fingerprint density at radius 1 is 0.963 bits per heavy atom. The van der Waals surface area contributed by atoms with Gasteiger partial charge in [0, 0.05) is 38.4 Å². The molecule has 2 fully saturated rings. The van der Waals surface area contributed by atoms with Crippen molar-refractivity contribution >= 4 is 11.6 Å². The summed E-state index contributed by atoms with van der Waals surface area (Å²) in [6.45, 7) is 6.77. The number of anilines is 1. The maximum absolute atomic E-state index is 13.3. The summed E-state index contributed by atoms with van der Waals surface area (Å²) < 4.78 is 0. The molecular formula is C23H29N3O. The number of nitrogens with one attached hydrogen (secondary N) is 1. The second-order valence-corrected chi connectivity index (χ2v) is 7.98. The van der Waals surface area contributed by atoms with Crippen LogP contribution >= 0.6 is 0 Å². The number of aryl methyl sites for hydroxylation is 1. The predicted molar refractivity (Wildman–Crippen MR) is 110 cm³/mol. The van der Waals surface area contributed by atoms with Gasteiger partial charge in [-0.3, -0.25) is 9.69 Å². The first-order valence-electron chi connectivity index (χ1n) is 10.1. The molecule has 0 aliphatic carbocycles. The van der Waals surface area contributed by atoms with E-state index in [1.165, 1.54) is 11.1 Å². The first-order chi connectivity index (χ1) is 13.1. The van der Waals surface area contributed by atoms with Crippen LogP contribution in [0.1, 0.15) is 30.4 Å². The number of amides is 1. The zero-order valence-corrected chi connectivity index (χ0v) is 16.2. The van der Waals surface area contributed by atoms with Gasteiger partial charge >= 0.3 is 0 Å². The summed E-state index contributed by atoms with van der Waals surface area (Å²) in [6, 6.07) is 19.0. The molecule has 0 aromatic heterocycles. The third kappa shape index (κ3) is 4.01. The van der Waals surface area contributed by atoms with Crippen LogP contribution in [0.3, 0.4) is 0 Å². The summed E-state index contributed by atoms with van der Waals surface area (Å²) in [4.78, 5) is 17.7. The lowest BCUT2D eigenvalue weighted by Gasteiger charge is -2.46. The number of hydrogen-bond acceptors (Lipinski definition) is 3. The lowest BCUT2D eigenvalue weighted by atomic mass is 9.84. The number of rotatable bonds is 5. The molecule has 0 saturated carbocycles. The number of carbonyl (C=O) groups is 1. The van der Waals surface area contributed by atoms with Crippen molar-refractivity contribution in [3.63, 3.8) is 0 Å². The maximum atomic E-state index is 13.3. The maximum Gasteiger partial charge on any atom is 0.248 e. The summed E-state index contributed by atoms with van der Waals surface area (Å²) in [5, 5.41) is 3.62. The Kier molecular flexibility index (Phi) is 5.17. The van der Waals surface area contributed by atoms with Gasteiger partial charge < -0.3 is 10.2 Å². The Morgan fingerprint density at radius 2 is 1.63 bits per heavy atom. The summed E-state index contributed by atoms with van der Waals surface area (Å²) >= 11 is 0. The third-order valence-electron chi connectivity index (χ3n) is 5.95. The third-order valence-corrected chi connectivity index (χ3v) is 5.95. The highest BCUT2D eigenvalue weighted by Crippen LogP contribution is 2.31. The average Bonchev–Trinajstić information content (AvgIpc) is 2.65. The Morgan fingerprint density at radius 3 is 2.22 bits per heavy atom. The normalized spacial score (nSPS) is 19.4. The first-order valence-corrected chi connectivity index (χ1v) is 10.1. The van der Waals surface area contributed by atoms with Crippen LogP contribution in [0.25, 0.3) is 0 Å². The van der Waals surface area contributed by atoms with Crippen LogP contribution in [-0.4, -0.2) is 47.4 Å². The van der Waals surface area contributed by atoms with E-state index in [9.17, 15) is 4.79 Å². The second-order valence-electron chi connectivity index (χ2n) is 7.98. The van der Waals surface area contributed by atoms with Gasteiger partial charge in [-0.05, 0) is 43.9 Å². The number of likely N-dealkylation sites (tertiary alicyclic amines) is 2. The quantitative estimate of drug-likeness (QED) is 0.880. The Hall–Kier alpha value is -2.33. The lowest BCUT2D eigenvalue weighted by Crippen LogP contribution is -2.61.